The quantitative estimate of drug-likeness (QED) is 0.683. The highest BCUT2D eigenvalue weighted by Gasteiger charge is 2.40. The van der Waals surface area contributed by atoms with Gasteiger partial charge in [0.25, 0.3) is 5.91 Å². The van der Waals surface area contributed by atoms with Crippen LogP contribution < -0.4 is 11.1 Å². The van der Waals surface area contributed by atoms with E-state index in [1.807, 2.05) is 0 Å². The van der Waals surface area contributed by atoms with Crippen LogP contribution in [0.5, 0.6) is 0 Å². The third kappa shape index (κ3) is 5.74. The second-order valence-electron chi connectivity index (χ2n) is 8.26. The Morgan fingerprint density at radius 1 is 1.16 bits per heavy atom. The lowest BCUT2D eigenvalue weighted by Crippen LogP contribution is -2.59. The van der Waals surface area contributed by atoms with E-state index in [1.165, 1.54) is 0 Å². The van der Waals surface area contributed by atoms with Gasteiger partial charge < -0.3 is 20.7 Å². The molecule has 0 radical (unpaired) electrons. The zero-order chi connectivity index (χ0) is 22.6. The first-order chi connectivity index (χ1) is 14.6. The van der Waals surface area contributed by atoms with Crippen LogP contribution in [0.1, 0.15) is 47.2 Å². The summed E-state index contributed by atoms with van der Waals surface area (Å²) in [5.41, 5.74) is 3.90. The van der Waals surface area contributed by atoms with Gasteiger partial charge in [0.1, 0.15) is 6.67 Å². The average Bonchev–Trinajstić information content (AvgIpc) is 2.76. The molecule has 2 aliphatic heterocycles. The van der Waals surface area contributed by atoms with Crippen LogP contribution in [-0.2, 0) is 22.4 Å². The number of piperidine rings is 1. The van der Waals surface area contributed by atoms with Crippen molar-refractivity contribution >= 4 is 11.8 Å². The van der Waals surface area contributed by atoms with Crippen LogP contribution in [0.3, 0.4) is 0 Å². The van der Waals surface area contributed by atoms with Gasteiger partial charge >= 0.3 is 6.18 Å². The summed E-state index contributed by atoms with van der Waals surface area (Å²) in [6.45, 7) is 1.12. The molecule has 0 spiro atoms. The van der Waals surface area contributed by atoms with Crippen LogP contribution >= 0.6 is 0 Å². The van der Waals surface area contributed by atoms with Crippen molar-refractivity contribution in [3.8, 4) is 0 Å². The number of nitrogens with zero attached hydrogens (tertiary/aromatic N) is 1. The molecular weight excluding hydrogens is 418 g/mol. The zero-order valence-electron chi connectivity index (χ0n) is 17.1. The molecule has 0 aromatic heterocycles. The first-order valence-electron chi connectivity index (χ1n) is 10.3. The Balaban J connectivity index is 1.53. The fraction of sp³-hybridized carbons (Fsp3) is 0.619. The van der Waals surface area contributed by atoms with Gasteiger partial charge in [-0.3, -0.25) is 9.59 Å². The van der Waals surface area contributed by atoms with Crippen LogP contribution in [0.2, 0.25) is 0 Å². The van der Waals surface area contributed by atoms with E-state index in [9.17, 15) is 27.2 Å². The first-order valence-corrected chi connectivity index (χ1v) is 10.3. The van der Waals surface area contributed by atoms with Crippen molar-refractivity contribution in [1.82, 2.24) is 10.2 Å². The third-order valence-electron chi connectivity index (χ3n) is 6.00. The number of carbonyl (C=O) groups excluding carboxylic acids is 2. The van der Waals surface area contributed by atoms with Crippen molar-refractivity contribution in [2.75, 3.05) is 32.8 Å². The molecule has 0 saturated carbocycles. The molecule has 2 aliphatic rings. The summed E-state index contributed by atoms with van der Waals surface area (Å²) in [4.78, 5) is 26.9. The largest absolute Gasteiger partial charge is 0.416 e. The number of hydrogen-bond donors (Lipinski definition) is 2. The molecule has 0 unspecified atom stereocenters. The van der Waals surface area contributed by atoms with Crippen LogP contribution in [0.4, 0.5) is 17.6 Å². The van der Waals surface area contributed by atoms with Gasteiger partial charge in [0.15, 0.2) is 0 Å². The van der Waals surface area contributed by atoms with Crippen LogP contribution in [-0.4, -0.2) is 55.1 Å². The number of halogens is 4. The number of hydrogen-bond acceptors (Lipinski definition) is 4. The molecule has 3 rings (SSSR count). The lowest BCUT2D eigenvalue weighted by atomic mass is 9.88. The minimum absolute atomic E-state index is 0.0824. The van der Waals surface area contributed by atoms with Gasteiger partial charge in [-0.05, 0) is 55.4 Å². The molecule has 10 heteroatoms. The molecule has 6 nitrogen and oxygen atoms in total. The Labute approximate surface area is 178 Å². The SMILES string of the molecule is NC1(C(=O)N2CCC(CNC(=O)c3cc(CF)cc(C(F)(F)F)c3)CC2)CCOCC1. The molecule has 0 aliphatic carbocycles. The highest BCUT2D eigenvalue weighted by Crippen LogP contribution is 2.31. The van der Waals surface area contributed by atoms with E-state index in [0.29, 0.717) is 58.1 Å². The number of carbonyl (C=O) groups is 2. The topological polar surface area (TPSA) is 84.7 Å². The molecule has 31 heavy (non-hydrogen) atoms. The van der Waals surface area contributed by atoms with Crippen molar-refractivity contribution < 1.29 is 31.9 Å². The van der Waals surface area contributed by atoms with Crippen molar-refractivity contribution in [2.24, 2.45) is 11.7 Å². The fourth-order valence-corrected chi connectivity index (χ4v) is 4.01. The first kappa shape index (κ1) is 23.5. The Morgan fingerprint density at radius 2 is 1.81 bits per heavy atom. The number of amides is 2. The number of nitrogens with one attached hydrogen (secondary N) is 1. The molecule has 1 aromatic rings. The molecular formula is C21H27F4N3O3. The van der Waals surface area contributed by atoms with Crippen LogP contribution in [0.15, 0.2) is 18.2 Å². The second-order valence-corrected chi connectivity index (χ2v) is 8.26. The molecule has 1 aromatic carbocycles. The maximum absolute atomic E-state index is 13.0. The predicted octanol–water partition coefficient (Wildman–Crippen LogP) is 2.65. The summed E-state index contributed by atoms with van der Waals surface area (Å²) in [5, 5.41) is 2.64. The van der Waals surface area contributed by atoms with E-state index < -0.39 is 29.9 Å². The van der Waals surface area contributed by atoms with Crippen molar-refractivity contribution in [3.05, 3.63) is 34.9 Å². The standard InChI is InChI=1S/C21H27F4N3O3/c22-12-15-9-16(11-17(10-15)21(23,24)25)18(29)27-13-14-1-5-28(6-2-14)19(30)20(26)3-7-31-8-4-20/h9-11,14H,1-8,12-13,26H2,(H,27,29). The van der Waals surface area contributed by atoms with Crippen LogP contribution in [0.25, 0.3) is 0 Å². The minimum atomic E-state index is -4.66. The summed E-state index contributed by atoms with van der Waals surface area (Å²) in [7, 11) is 0. The number of alkyl halides is 4. The summed E-state index contributed by atoms with van der Waals surface area (Å²) in [6, 6.07) is 2.55. The molecule has 2 saturated heterocycles. The predicted molar refractivity (Wildman–Crippen MR) is 105 cm³/mol. The summed E-state index contributed by atoms with van der Waals surface area (Å²) >= 11 is 0. The zero-order valence-corrected chi connectivity index (χ0v) is 17.1. The molecule has 0 atom stereocenters. The highest BCUT2D eigenvalue weighted by molar-refractivity contribution is 5.94. The molecule has 0 bridgehead atoms. The number of nitrogens with two attached hydrogens (primary N) is 1. The lowest BCUT2D eigenvalue weighted by molar-refractivity contribution is -0.142. The smallest absolute Gasteiger partial charge is 0.381 e. The summed E-state index contributed by atoms with van der Waals surface area (Å²) in [6.07, 6.45) is -2.39. The maximum Gasteiger partial charge on any atom is 0.416 e. The van der Waals surface area contributed by atoms with E-state index in [4.69, 9.17) is 10.5 Å². The molecule has 3 N–H and O–H groups in total. The normalized spacial score (nSPS) is 19.8. The van der Waals surface area contributed by atoms with Gasteiger partial charge in [-0.15, -0.1) is 0 Å². The molecule has 2 heterocycles. The highest BCUT2D eigenvalue weighted by atomic mass is 19.4. The second kappa shape index (κ2) is 9.52. The number of benzene rings is 1. The lowest BCUT2D eigenvalue weighted by Gasteiger charge is -2.39. The van der Waals surface area contributed by atoms with Gasteiger partial charge in [0.2, 0.25) is 5.91 Å². The van der Waals surface area contributed by atoms with E-state index in [2.05, 4.69) is 5.32 Å². The number of likely N-dealkylation sites (tertiary alicyclic amines) is 1. The Kier molecular flexibility index (Phi) is 7.20. The van der Waals surface area contributed by atoms with E-state index in [1.54, 1.807) is 4.90 Å². The van der Waals surface area contributed by atoms with Gasteiger partial charge in [-0.1, -0.05) is 0 Å². The Bertz CT molecular complexity index is 802. The van der Waals surface area contributed by atoms with Crippen LogP contribution in [0, 0.1) is 5.92 Å². The van der Waals surface area contributed by atoms with Crippen molar-refractivity contribution in [2.45, 2.75) is 44.1 Å². The number of rotatable bonds is 5. The van der Waals surface area contributed by atoms with Gasteiger partial charge in [0, 0.05) is 38.4 Å². The van der Waals surface area contributed by atoms with Gasteiger partial charge in [0.05, 0.1) is 11.1 Å². The fourth-order valence-electron chi connectivity index (χ4n) is 4.01. The number of ether oxygens (including phenoxy) is 1. The molecule has 172 valence electrons. The van der Waals surface area contributed by atoms with Crippen molar-refractivity contribution in [3.63, 3.8) is 0 Å². The van der Waals surface area contributed by atoms with Gasteiger partial charge in [-0.2, -0.15) is 13.2 Å². The third-order valence-corrected chi connectivity index (χ3v) is 6.00. The Hall–Kier alpha value is -2.20. The average molecular weight is 445 g/mol. The van der Waals surface area contributed by atoms with Crippen molar-refractivity contribution in [1.29, 1.82) is 0 Å². The molecule has 2 fully saturated rings. The monoisotopic (exact) mass is 445 g/mol. The molecule has 2 amide bonds. The minimum Gasteiger partial charge on any atom is -0.381 e. The van der Waals surface area contributed by atoms with E-state index >= 15 is 0 Å². The summed E-state index contributed by atoms with van der Waals surface area (Å²) < 4.78 is 57.2. The van der Waals surface area contributed by atoms with E-state index in [-0.39, 0.29) is 29.5 Å². The summed E-state index contributed by atoms with van der Waals surface area (Å²) in [5.74, 6) is -0.675. The maximum atomic E-state index is 13.0. The van der Waals surface area contributed by atoms with Gasteiger partial charge in [-0.25, -0.2) is 4.39 Å². The van der Waals surface area contributed by atoms with E-state index in [0.717, 1.165) is 12.1 Å². The Morgan fingerprint density at radius 3 is 2.39 bits per heavy atom.